The van der Waals surface area contributed by atoms with Crippen LogP contribution in [0.2, 0.25) is 0 Å². The van der Waals surface area contributed by atoms with E-state index in [4.69, 9.17) is 9.47 Å². The zero-order chi connectivity index (χ0) is 25.6. The van der Waals surface area contributed by atoms with E-state index in [2.05, 4.69) is 20.8 Å². The average molecular weight is 518 g/mol. The van der Waals surface area contributed by atoms with E-state index in [1.165, 1.54) is 11.8 Å². The Balaban J connectivity index is 1.35. The van der Waals surface area contributed by atoms with E-state index in [0.717, 1.165) is 16.7 Å². The van der Waals surface area contributed by atoms with Crippen molar-refractivity contribution in [1.82, 2.24) is 20.2 Å². The third kappa shape index (κ3) is 6.23. The third-order valence-electron chi connectivity index (χ3n) is 6.05. The summed E-state index contributed by atoms with van der Waals surface area (Å²) < 4.78 is 14.4. The molecule has 190 valence electrons. The van der Waals surface area contributed by atoms with Gasteiger partial charge in [-0.2, -0.15) is 0 Å². The van der Waals surface area contributed by atoms with E-state index < -0.39 is 6.29 Å². The number of anilines is 1. The standard InChI is InChI=1S/C27H27N5O4S/c1-32-27(29-30-31-32)37-17-23-15-24(19-12-10-18(16-33)11-13-19)36-26(35-23)21-8-5-9-22(14-21)28-25(34)20-6-3-2-4-7-20/h2-14,23-24,26,33H,15-17H2,1H3,(H,28,34)/t23-,24+,26+/m0/s1. The van der Waals surface area contributed by atoms with E-state index in [1.807, 2.05) is 66.7 Å². The molecule has 4 aromatic rings. The maximum absolute atomic E-state index is 12.7. The van der Waals surface area contributed by atoms with E-state index in [1.54, 1.807) is 23.9 Å². The van der Waals surface area contributed by atoms with Gasteiger partial charge in [0.05, 0.1) is 18.8 Å². The summed E-state index contributed by atoms with van der Waals surface area (Å²) in [6.07, 6.45) is -0.326. The fourth-order valence-corrected chi connectivity index (χ4v) is 4.96. The number of thioether (sulfide) groups is 1. The SMILES string of the molecule is Cn1nnnc1SC[C@@H]1C[C@H](c2ccc(CO)cc2)O[C@H](c2cccc(NC(=O)c3ccccc3)c2)O1. The van der Waals surface area contributed by atoms with E-state index in [9.17, 15) is 9.90 Å². The van der Waals surface area contributed by atoms with Gasteiger partial charge in [0.2, 0.25) is 5.16 Å². The highest BCUT2D eigenvalue weighted by atomic mass is 32.2. The summed E-state index contributed by atoms with van der Waals surface area (Å²) in [6.45, 7) is -0.00989. The Morgan fingerprint density at radius 3 is 2.59 bits per heavy atom. The van der Waals surface area contributed by atoms with Crippen molar-refractivity contribution in [3.8, 4) is 0 Å². The number of hydrogen-bond donors (Lipinski definition) is 2. The number of aliphatic hydroxyl groups is 1. The summed E-state index contributed by atoms with van der Waals surface area (Å²) in [5.74, 6) is 0.459. The molecule has 10 heteroatoms. The number of aromatic nitrogens is 4. The van der Waals surface area contributed by atoms with Gasteiger partial charge in [0.25, 0.3) is 5.91 Å². The van der Waals surface area contributed by atoms with Gasteiger partial charge in [-0.25, -0.2) is 4.68 Å². The van der Waals surface area contributed by atoms with Crippen LogP contribution in [0.3, 0.4) is 0 Å². The molecule has 5 rings (SSSR count). The summed E-state index contributed by atoms with van der Waals surface area (Å²) in [5, 5.41) is 24.7. The predicted molar refractivity (Wildman–Crippen MR) is 139 cm³/mol. The molecule has 2 heterocycles. The number of hydrogen-bond acceptors (Lipinski definition) is 8. The first-order chi connectivity index (χ1) is 18.1. The van der Waals surface area contributed by atoms with Crippen LogP contribution in [-0.4, -0.2) is 43.1 Å². The number of carbonyl (C=O) groups excluding carboxylic acids is 1. The minimum atomic E-state index is -0.631. The first kappa shape index (κ1) is 25.1. The molecular weight excluding hydrogens is 490 g/mol. The van der Waals surface area contributed by atoms with Crippen molar-refractivity contribution in [2.24, 2.45) is 7.05 Å². The molecular formula is C27H27N5O4S. The number of nitrogens with zero attached hydrogens (tertiary/aromatic N) is 4. The molecule has 9 nitrogen and oxygen atoms in total. The molecule has 0 radical (unpaired) electrons. The largest absolute Gasteiger partial charge is 0.392 e. The fourth-order valence-electron chi connectivity index (χ4n) is 4.09. The normalized spacial score (nSPS) is 19.5. The maximum Gasteiger partial charge on any atom is 0.255 e. The van der Waals surface area contributed by atoms with Crippen molar-refractivity contribution in [1.29, 1.82) is 0 Å². The Kier molecular flexibility index (Phi) is 7.90. The van der Waals surface area contributed by atoms with E-state index >= 15 is 0 Å². The topological polar surface area (TPSA) is 111 Å². The minimum absolute atomic E-state index is 0.00989. The number of benzene rings is 3. The molecule has 1 amide bonds. The number of nitrogens with one attached hydrogen (secondary N) is 1. The third-order valence-corrected chi connectivity index (χ3v) is 7.19. The Morgan fingerprint density at radius 2 is 1.86 bits per heavy atom. The summed E-state index contributed by atoms with van der Waals surface area (Å²) in [4.78, 5) is 12.7. The number of rotatable bonds is 8. The van der Waals surface area contributed by atoms with Crippen molar-refractivity contribution >= 4 is 23.4 Å². The number of ether oxygens (including phenoxy) is 2. The molecule has 1 aliphatic rings. The van der Waals surface area contributed by atoms with Crippen molar-refractivity contribution in [3.05, 3.63) is 101 Å². The van der Waals surface area contributed by atoms with Gasteiger partial charge in [-0.05, 0) is 45.8 Å². The quantitative estimate of drug-likeness (QED) is 0.333. The number of amides is 1. The summed E-state index contributed by atoms with van der Waals surface area (Å²) in [5.41, 5.74) is 3.90. The first-order valence-corrected chi connectivity index (χ1v) is 12.9. The maximum atomic E-state index is 12.7. The van der Waals surface area contributed by atoms with Crippen LogP contribution in [0.5, 0.6) is 0 Å². The molecule has 3 atom stereocenters. The molecule has 1 aliphatic heterocycles. The van der Waals surface area contributed by atoms with Gasteiger partial charge < -0.3 is 19.9 Å². The number of aliphatic hydroxyl groups excluding tert-OH is 1. The van der Waals surface area contributed by atoms with Crippen LogP contribution < -0.4 is 5.32 Å². The van der Waals surface area contributed by atoms with E-state index in [0.29, 0.717) is 28.6 Å². The number of tetrazole rings is 1. The lowest BCUT2D eigenvalue weighted by atomic mass is 10.0. The van der Waals surface area contributed by atoms with Gasteiger partial charge in [-0.1, -0.05) is 66.4 Å². The minimum Gasteiger partial charge on any atom is -0.392 e. The smallest absolute Gasteiger partial charge is 0.255 e. The van der Waals surface area contributed by atoms with Gasteiger partial charge >= 0.3 is 0 Å². The van der Waals surface area contributed by atoms with Crippen LogP contribution in [0.25, 0.3) is 0 Å². The van der Waals surface area contributed by atoms with Crippen molar-refractivity contribution in [3.63, 3.8) is 0 Å². The van der Waals surface area contributed by atoms with Gasteiger partial charge in [-0.3, -0.25) is 4.79 Å². The molecule has 1 saturated heterocycles. The van der Waals surface area contributed by atoms with Gasteiger partial charge in [-0.15, -0.1) is 5.10 Å². The van der Waals surface area contributed by atoms with Crippen LogP contribution in [-0.2, 0) is 23.1 Å². The fraction of sp³-hybridized carbons (Fsp3) is 0.259. The number of carbonyl (C=O) groups is 1. The second kappa shape index (κ2) is 11.7. The molecule has 3 aromatic carbocycles. The van der Waals surface area contributed by atoms with Crippen LogP contribution in [0.1, 0.15) is 45.9 Å². The molecule has 1 fully saturated rings. The molecule has 0 spiro atoms. The molecule has 2 N–H and O–H groups in total. The lowest BCUT2D eigenvalue weighted by molar-refractivity contribution is -0.245. The Labute approximate surface area is 218 Å². The zero-order valence-electron chi connectivity index (χ0n) is 20.2. The Morgan fingerprint density at radius 1 is 1.05 bits per heavy atom. The second-order valence-corrected chi connectivity index (χ2v) is 9.68. The van der Waals surface area contributed by atoms with Crippen molar-refractivity contribution < 1.29 is 19.4 Å². The second-order valence-electron chi connectivity index (χ2n) is 8.69. The molecule has 0 bridgehead atoms. The van der Waals surface area contributed by atoms with E-state index in [-0.39, 0.29) is 24.7 Å². The highest BCUT2D eigenvalue weighted by Crippen LogP contribution is 2.39. The Bertz CT molecular complexity index is 1330. The van der Waals surface area contributed by atoms with Crippen molar-refractivity contribution in [2.45, 2.75) is 36.7 Å². The van der Waals surface area contributed by atoms with Crippen LogP contribution in [0.4, 0.5) is 5.69 Å². The monoisotopic (exact) mass is 517 g/mol. The predicted octanol–water partition coefficient (Wildman–Crippen LogP) is 4.29. The van der Waals surface area contributed by atoms with Gasteiger partial charge in [0.15, 0.2) is 6.29 Å². The lowest BCUT2D eigenvalue weighted by Crippen LogP contribution is -2.31. The lowest BCUT2D eigenvalue weighted by Gasteiger charge is -2.36. The Hall–Kier alpha value is -3.57. The molecule has 0 saturated carbocycles. The molecule has 0 unspecified atom stereocenters. The van der Waals surface area contributed by atoms with Crippen LogP contribution in [0, 0.1) is 0 Å². The molecule has 0 aliphatic carbocycles. The van der Waals surface area contributed by atoms with Gasteiger partial charge in [0.1, 0.15) is 0 Å². The van der Waals surface area contributed by atoms with Crippen molar-refractivity contribution in [2.75, 3.05) is 11.1 Å². The zero-order valence-corrected chi connectivity index (χ0v) is 21.0. The van der Waals surface area contributed by atoms with Crippen LogP contribution in [0.15, 0.2) is 84.0 Å². The highest BCUT2D eigenvalue weighted by Gasteiger charge is 2.32. The summed E-state index contributed by atoms with van der Waals surface area (Å²) >= 11 is 1.53. The summed E-state index contributed by atoms with van der Waals surface area (Å²) in [7, 11) is 1.80. The number of aryl methyl sites for hydroxylation is 1. The molecule has 37 heavy (non-hydrogen) atoms. The first-order valence-electron chi connectivity index (χ1n) is 11.9. The highest BCUT2D eigenvalue weighted by molar-refractivity contribution is 7.99. The van der Waals surface area contributed by atoms with Crippen LogP contribution >= 0.6 is 11.8 Å². The molecule has 1 aromatic heterocycles. The van der Waals surface area contributed by atoms with Gasteiger partial charge in [0, 0.05) is 36.0 Å². The average Bonchev–Trinajstić information content (AvgIpc) is 3.37. The summed E-state index contributed by atoms with van der Waals surface area (Å²) in [6, 6.07) is 24.4.